The number of rotatable bonds is 1. The van der Waals surface area contributed by atoms with Gasteiger partial charge in [0.15, 0.2) is 9.84 Å². The van der Waals surface area contributed by atoms with E-state index in [0.717, 1.165) is 29.8 Å². The summed E-state index contributed by atoms with van der Waals surface area (Å²) in [5.41, 5.74) is 3.12. The van der Waals surface area contributed by atoms with Crippen molar-refractivity contribution in [2.45, 2.75) is 18.2 Å². The van der Waals surface area contributed by atoms with Gasteiger partial charge >= 0.3 is 0 Å². The first kappa shape index (κ1) is 9.52. The van der Waals surface area contributed by atoms with Gasteiger partial charge in [0.25, 0.3) is 0 Å². The Kier molecular flexibility index (Phi) is 2.03. The Bertz CT molecular complexity index is 477. The quantitative estimate of drug-likeness (QED) is 0.763. The van der Waals surface area contributed by atoms with Crippen molar-refractivity contribution >= 4 is 15.5 Å². The molecule has 2 rings (SSSR count). The Balaban J connectivity index is 2.68. The largest absolute Gasteiger partial charge is 0.384 e. The molecule has 14 heavy (non-hydrogen) atoms. The smallest absolute Gasteiger partial charge is 0.175 e. The van der Waals surface area contributed by atoms with Crippen LogP contribution < -0.4 is 5.32 Å². The molecule has 0 radical (unpaired) electrons. The molecular formula is C10H13NO2S. The molecule has 0 spiro atoms. The summed E-state index contributed by atoms with van der Waals surface area (Å²) >= 11 is 0. The normalized spacial score (nSPS) is 15.0. The third-order valence-electron chi connectivity index (χ3n) is 2.64. The minimum Gasteiger partial charge on any atom is -0.384 e. The molecule has 3 nitrogen and oxygen atoms in total. The van der Waals surface area contributed by atoms with Crippen LogP contribution in [0.5, 0.6) is 0 Å². The van der Waals surface area contributed by atoms with Crippen LogP contribution >= 0.6 is 0 Å². The maximum absolute atomic E-state index is 11.4. The first-order valence-corrected chi connectivity index (χ1v) is 6.45. The Morgan fingerprint density at radius 3 is 2.71 bits per heavy atom. The van der Waals surface area contributed by atoms with Crippen LogP contribution in [0.15, 0.2) is 17.0 Å². The summed E-state index contributed by atoms with van der Waals surface area (Å²) in [6.45, 7) is 2.78. The number of benzene rings is 1. The summed E-state index contributed by atoms with van der Waals surface area (Å²) in [6, 6.07) is 3.54. The summed E-state index contributed by atoms with van der Waals surface area (Å²) < 4.78 is 22.9. The van der Waals surface area contributed by atoms with Crippen LogP contribution in [0.25, 0.3) is 0 Å². The molecule has 76 valence electrons. The minimum absolute atomic E-state index is 0.458. The highest BCUT2D eigenvalue weighted by Gasteiger charge is 2.18. The van der Waals surface area contributed by atoms with Crippen molar-refractivity contribution in [1.82, 2.24) is 0 Å². The number of hydrogen-bond acceptors (Lipinski definition) is 3. The summed E-state index contributed by atoms with van der Waals surface area (Å²) in [4.78, 5) is 0.458. The molecular weight excluding hydrogens is 198 g/mol. The highest BCUT2D eigenvalue weighted by atomic mass is 32.2. The lowest BCUT2D eigenvalue weighted by molar-refractivity contribution is 0.601. The Hall–Kier alpha value is -1.03. The molecule has 0 atom stereocenters. The SMILES string of the molecule is Cc1c(S(C)(=O)=O)ccc2c1CCN2. The maximum atomic E-state index is 11.4. The Labute approximate surface area is 84.1 Å². The molecule has 4 heteroatoms. The maximum Gasteiger partial charge on any atom is 0.175 e. The summed E-state index contributed by atoms with van der Waals surface area (Å²) in [5, 5.41) is 3.22. The van der Waals surface area contributed by atoms with Gasteiger partial charge in [0, 0.05) is 18.5 Å². The predicted octanol–water partition coefficient (Wildman–Crippen LogP) is 1.37. The average Bonchev–Trinajstić information content (AvgIpc) is 2.50. The van der Waals surface area contributed by atoms with Gasteiger partial charge < -0.3 is 5.32 Å². The highest BCUT2D eigenvalue weighted by Crippen LogP contribution is 2.29. The number of hydrogen-bond donors (Lipinski definition) is 1. The Morgan fingerprint density at radius 1 is 1.36 bits per heavy atom. The molecule has 0 fully saturated rings. The molecule has 1 aliphatic heterocycles. The van der Waals surface area contributed by atoms with E-state index in [4.69, 9.17) is 0 Å². The van der Waals surface area contributed by atoms with Gasteiger partial charge in [0.2, 0.25) is 0 Å². The van der Waals surface area contributed by atoms with Crippen molar-refractivity contribution in [2.24, 2.45) is 0 Å². The van der Waals surface area contributed by atoms with Crippen LogP contribution in [-0.4, -0.2) is 21.2 Å². The first-order valence-electron chi connectivity index (χ1n) is 4.56. The Morgan fingerprint density at radius 2 is 2.07 bits per heavy atom. The van der Waals surface area contributed by atoms with E-state index in [2.05, 4.69) is 5.32 Å². The lowest BCUT2D eigenvalue weighted by Crippen LogP contribution is -2.01. The van der Waals surface area contributed by atoms with E-state index in [-0.39, 0.29) is 0 Å². The minimum atomic E-state index is -3.08. The van der Waals surface area contributed by atoms with Crippen LogP contribution in [0.3, 0.4) is 0 Å². The zero-order valence-corrected chi connectivity index (χ0v) is 9.11. The first-order chi connectivity index (χ1) is 6.50. The van der Waals surface area contributed by atoms with Gasteiger partial charge in [-0.15, -0.1) is 0 Å². The van der Waals surface area contributed by atoms with Crippen molar-refractivity contribution < 1.29 is 8.42 Å². The molecule has 1 N–H and O–H groups in total. The molecule has 0 unspecified atom stereocenters. The van der Waals surface area contributed by atoms with Crippen molar-refractivity contribution in [3.8, 4) is 0 Å². The predicted molar refractivity (Wildman–Crippen MR) is 56.5 cm³/mol. The van der Waals surface area contributed by atoms with Gasteiger partial charge in [-0.2, -0.15) is 0 Å². The summed E-state index contributed by atoms with van der Waals surface area (Å²) in [7, 11) is -3.08. The van der Waals surface area contributed by atoms with Crippen molar-refractivity contribution in [2.75, 3.05) is 18.1 Å². The van der Waals surface area contributed by atoms with Gasteiger partial charge in [0.1, 0.15) is 0 Å². The fourth-order valence-electron chi connectivity index (χ4n) is 1.95. The van der Waals surface area contributed by atoms with E-state index in [1.54, 1.807) is 6.07 Å². The third-order valence-corrected chi connectivity index (χ3v) is 3.88. The molecule has 0 aliphatic carbocycles. The third kappa shape index (κ3) is 1.39. The molecule has 0 bridgehead atoms. The number of sulfone groups is 1. The second-order valence-electron chi connectivity index (χ2n) is 3.66. The molecule has 0 aromatic heterocycles. The average molecular weight is 211 g/mol. The van der Waals surface area contributed by atoms with Crippen molar-refractivity contribution in [1.29, 1.82) is 0 Å². The molecule has 1 aliphatic rings. The molecule has 1 aromatic carbocycles. The van der Waals surface area contributed by atoms with Gasteiger partial charge in [-0.1, -0.05) is 0 Å². The second-order valence-corrected chi connectivity index (χ2v) is 5.65. The van der Waals surface area contributed by atoms with E-state index < -0.39 is 9.84 Å². The van der Waals surface area contributed by atoms with Crippen LogP contribution in [0.2, 0.25) is 0 Å². The molecule has 1 aromatic rings. The van der Waals surface area contributed by atoms with Crippen LogP contribution in [0, 0.1) is 6.92 Å². The summed E-state index contributed by atoms with van der Waals surface area (Å²) in [6.07, 6.45) is 2.18. The lowest BCUT2D eigenvalue weighted by Gasteiger charge is -2.08. The number of anilines is 1. The van der Waals surface area contributed by atoms with Gasteiger partial charge in [-0.3, -0.25) is 0 Å². The lowest BCUT2D eigenvalue weighted by atomic mass is 10.1. The zero-order chi connectivity index (χ0) is 10.3. The zero-order valence-electron chi connectivity index (χ0n) is 8.29. The fraction of sp³-hybridized carbons (Fsp3) is 0.400. The fourth-order valence-corrected chi connectivity index (χ4v) is 2.94. The summed E-state index contributed by atoms with van der Waals surface area (Å²) in [5.74, 6) is 0. The van der Waals surface area contributed by atoms with E-state index in [1.807, 2.05) is 13.0 Å². The van der Waals surface area contributed by atoms with Gasteiger partial charge in [0.05, 0.1) is 4.90 Å². The van der Waals surface area contributed by atoms with E-state index in [9.17, 15) is 8.42 Å². The van der Waals surface area contributed by atoms with E-state index >= 15 is 0 Å². The van der Waals surface area contributed by atoms with E-state index in [1.165, 1.54) is 6.26 Å². The topological polar surface area (TPSA) is 46.2 Å². The van der Waals surface area contributed by atoms with Crippen molar-refractivity contribution in [3.63, 3.8) is 0 Å². The molecule has 0 saturated carbocycles. The van der Waals surface area contributed by atoms with Gasteiger partial charge in [-0.25, -0.2) is 8.42 Å². The van der Waals surface area contributed by atoms with Gasteiger partial charge in [-0.05, 0) is 36.6 Å². The molecule has 1 heterocycles. The van der Waals surface area contributed by atoms with E-state index in [0.29, 0.717) is 4.90 Å². The van der Waals surface area contributed by atoms with Crippen LogP contribution in [-0.2, 0) is 16.3 Å². The highest BCUT2D eigenvalue weighted by molar-refractivity contribution is 7.90. The van der Waals surface area contributed by atoms with Crippen LogP contribution in [0.4, 0.5) is 5.69 Å². The number of nitrogens with one attached hydrogen (secondary N) is 1. The molecule has 0 saturated heterocycles. The molecule has 0 amide bonds. The van der Waals surface area contributed by atoms with Crippen molar-refractivity contribution in [3.05, 3.63) is 23.3 Å². The second kappa shape index (κ2) is 2.98. The number of fused-ring (bicyclic) bond motifs is 1. The standard InChI is InChI=1S/C10H13NO2S/c1-7-8-5-6-11-9(8)3-4-10(7)14(2,12)13/h3-4,11H,5-6H2,1-2H3. The monoisotopic (exact) mass is 211 g/mol. The van der Waals surface area contributed by atoms with Crippen LogP contribution in [0.1, 0.15) is 11.1 Å².